The molecule has 2 aliphatic rings. The lowest BCUT2D eigenvalue weighted by Crippen LogP contribution is -2.06. The molecule has 2 heteroatoms. The van der Waals surface area contributed by atoms with E-state index in [0.29, 0.717) is 5.92 Å². The fourth-order valence-electron chi connectivity index (χ4n) is 3.74. The first kappa shape index (κ1) is 12.3. The van der Waals surface area contributed by atoms with Crippen LogP contribution in [0.4, 0.5) is 0 Å². The average Bonchev–Trinajstić information content (AvgIpc) is 2.60. The highest BCUT2D eigenvalue weighted by atomic mass is 14.9. The van der Waals surface area contributed by atoms with Gasteiger partial charge in [-0.25, -0.2) is 4.98 Å². The van der Waals surface area contributed by atoms with E-state index in [0.717, 1.165) is 5.92 Å². The summed E-state index contributed by atoms with van der Waals surface area (Å²) in [5.41, 5.74) is 2.82. The zero-order chi connectivity index (χ0) is 12.4. The van der Waals surface area contributed by atoms with E-state index in [-0.39, 0.29) is 0 Å². The Bertz CT molecular complexity index is 386. The SMILES string of the molecule is CC1CCCc2[nH]c(CC3CCCCCC3)nc21. The van der Waals surface area contributed by atoms with Crippen LogP contribution in [-0.2, 0) is 12.8 Å². The fraction of sp³-hybridized carbons (Fsp3) is 0.812. The van der Waals surface area contributed by atoms with E-state index in [4.69, 9.17) is 4.98 Å². The Balaban J connectivity index is 1.69. The molecular formula is C16H26N2. The van der Waals surface area contributed by atoms with Gasteiger partial charge in [0.25, 0.3) is 0 Å². The molecule has 0 bridgehead atoms. The zero-order valence-corrected chi connectivity index (χ0v) is 11.7. The summed E-state index contributed by atoms with van der Waals surface area (Å²) >= 11 is 0. The number of nitrogens with zero attached hydrogens (tertiary/aromatic N) is 1. The van der Waals surface area contributed by atoms with Gasteiger partial charge >= 0.3 is 0 Å². The van der Waals surface area contributed by atoms with E-state index < -0.39 is 0 Å². The molecule has 0 saturated heterocycles. The highest BCUT2D eigenvalue weighted by Crippen LogP contribution is 2.31. The Morgan fingerprint density at radius 1 is 1.06 bits per heavy atom. The van der Waals surface area contributed by atoms with E-state index in [1.54, 1.807) is 0 Å². The van der Waals surface area contributed by atoms with E-state index in [2.05, 4.69) is 11.9 Å². The third kappa shape index (κ3) is 2.62. The van der Waals surface area contributed by atoms with Gasteiger partial charge in [0.2, 0.25) is 0 Å². The minimum Gasteiger partial charge on any atom is -0.346 e. The molecule has 1 aromatic heterocycles. The molecule has 0 aromatic carbocycles. The molecule has 1 aromatic rings. The lowest BCUT2D eigenvalue weighted by atomic mass is 9.92. The minimum atomic E-state index is 0.674. The van der Waals surface area contributed by atoms with Crippen molar-refractivity contribution in [2.24, 2.45) is 5.92 Å². The van der Waals surface area contributed by atoms with E-state index >= 15 is 0 Å². The van der Waals surface area contributed by atoms with E-state index in [1.165, 1.54) is 81.4 Å². The van der Waals surface area contributed by atoms with Crippen molar-refractivity contribution in [2.45, 2.75) is 77.0 Å². The Morgan fingerprint density at radius 3 is 2.56 bits per heavy atom. The number of nitrogens with one attached hydrogen (secondary N) is 1. The van der Waals surface area contributed by atoms with Crippen LogP contribution in [0, 0.1) is 5.92 Å². The van der Waals surface area contributed by atoms with Gasteiger partial charge in [0.05, 0.1) is 5.69 Å². The van der Waals surface area contributed by atoms with Crippen LogP contribution in [0.25, 0.3) is 0 Å². The number of hydrogen-bond acceptors (Lipinski definition) is 1. The van der Waals surface area contributed by atoms with Crippen molar-refractivity contribution in [1.29, 1.82) is 0 Å². The number of hydrogen-bond donors (Lipinski definition) is 1. The molecule has 1 saturated carbocycles. The van der Waals surface area contributed by atoms with Gasteiger partial charge in [0, 0.05) is 18.0 Å². The zero-order valence-electron chi connectivity index (χ0n) is 11.7. The molecule has 1 heterocycles. The standard InChI is InChI=1S/C16H26N2/c1-12-7-6-10-14-16(12)18-15(17-14)11-13-8-4-2-3-5-9-13/h12-13H,2-11H2,1H3,(H,17,18). The number of aryl methyl sites for hydroxylation is 1. The first-order chi connectivity index (χ1) is 8.83. The predicted molar refractivity (Wildman–Crippen MR) is 74.8 cm³/mol. The van der Waals surface area contributed by atoms with Crippen LogP contribution < -0.4 is 0 Å². The summed E-state index contributed by atoms with van der Waals surface area (Å²) in [6.07, 6.45) is 13.7. The molecule has 1 N–H and O–H groups in total. The lowest BCUT2D eigenvalue weighted by molar-refractivity contribution is 0.449. The average molecular weight is 246 g/mol. The van der Waals surface area contributed by atoms with Crippen molar-refractivity contribution in [1.82, 2.24) is 9.97 Å². The molecule has 0 aliphatic heterocycles. The third-order valence-electron chi connectivity index (χ3n) is 4.85. The minimum absolute atomic E-state index is 0.674. The maximum absolute atomic E-state index is 4.90. The molecule has 2 nitrogen and oxygen atoms in total. The van der Waals surface area contributed by atoms with Gasteiger partial charge in [-0.3, -0.25) is 0 Å². The van der Waals surface area contributed by atoms with Gasteiger partial charge < -0.3 is 4.98 Å². The van der Waals surface area contributed by atoms with Crippen molar-refractivity contribution in [3.8, 4) is 0 Å². The summed E-state index contributed by atoms with van der Waals surface area (Å²) in [7, 11) is 0. The number of H-pyrrole nitrogens is 1. The second-order valence-electron chi connectivity index (χ2n) is 6.40. The topological polar surface area (TPSA) is 28.7 Å². The number of aromatic nitrogens is 2. The van der Waals surface area contributed by atoms with Gasteiger partial charge in [-0.05, 0) is 25.2 Å². The maximum Gasteiger partial charge on any atom is 0.106 e. The second kappa shape index (κ2) is 5.46. The van der Waals surface area contributed by atoms with Crippen molar-refractivity contribution in [3.63, 3.8) is 0 Å². The van der Waals surface area contributed by atoms with Crippen LogP contribution in [0.15, 0.2) is 0 Å². The summed E-state index contributed by atoms with van der Waals surface area (Å²) in [4.78, 5) is 8.52. The smallest absolute Gasteiger partial charge is 0.106 e. The highest BCUT2D eigenvalue weighted by molar-refractivity contribution is 5.21. The molecule has 1 fully saturated rings. The molecule has 0 radical (unpaired) electrons. The summed E-state index contributed by atoms with van der Waals surface area (Å²) < 4.78 is 0. The van der Waals surface area contributed by atoms with Gasteiger partial charge in [0.15, 0.2) is 0 Å². The quantitative estimate of drug-likeness (QED) is 0.772. The lowest BCUT2D eigenvalue weighted by Gasteiger charge is -2.15. The molecule has 3 rings (SSSR count). The first-order valence-corrected chi connectivity index (χ1v) is 7.90. The van der Waals surface area contributed by atoms with E-state index in [1.807, 2.05) is 0 Å². The normalized spacial score (nSPS) is 25.7. The summed E-state index contributed by atoms with van der Waals surface area (Å²) in [6.45, 7) is 2.33. The van der Waals surface area contributed by atoms with Crippen LogP contribution in [0.2, 0.25) is 0 Å². The van der Waals surface area contributed by atoms with Gasteiger partial charge in [0.1, 0.15) is 5.82 Å². The molecule has 0 amide bonds. The molecule has 100 valence electrons. The van der Waals surface area contributed by atoms with Gasteiger partial charge in [-0.2, -0.15) is 0 Å². The van der Waals surface area contributed by atoms with Crippen LogP contribution in [0.3, 0.4) is 0 Å². The molecular weight excluding hydrogens is 220 g/mol. The van der Waals surface area contributed by atoms with Crippen molar-refractivity contribution in [2.75, 3.05) is 0 Å². The van der Waals surface area contributed by atoms with Gasteiger partial charge in [-0.15, -0.1) is 0 Å². The van der Waals surface area contributed by atoms with Crippen LogP contribution in [0.5, 0.6) is 0 Å². The van der Waals surface area contributed by atoms with Crippen molar-refractivity contribution >= 4 is 0 Å². The third-order valence-corrected chi connectivity index (χ3v) is 4.85. The van der Waals surface area contributed by atoms with Crippen LogP contribution >= 0.6 is 0 Å². The molecule has 2 aliphatic carbocycles. The first-order valence-electron chi connectivity index (χ1n) is 7.90. The fourth-order valence-corrected chi connectivity index (χ4v) is 3.74. The Labute approximate surface area is 111 Å². The van der Waals surface area contributed by atoms with Gasteiger partial charge in [-0.1, -0.05) is 45.4 Å². The Kier molecular flexibility index (Phi) is 3.72. The maximum atomic E-state index is 4.90. The second-order valence-corrected chi connectivity index (χ2v) is 6.40. The monoisotopic (exact) mass is 246 g/mol. The number of fused-ring (bicyclic) bond motifs is 1. The predicted octanol–water partition coefficient (Wildman–Crippen LogP) is 4.36. The van der Waals surface area contributed by atoms with Crippen molar-refractivity contribution < 1.29 is 0 Å². The van der Waals surface area contributed by atoms with Crippen LogP contribution in [-0.4, -0.2) is 9.97 Å². The number of aromatic amines is 1. The summed E-state index contributed by atoms with van der Waals surface area (Å²) in [5, 5.41) is 0. The highest BCUT2D eigenvalue weighted by Gasteiger charge is 2.22. The Hall–Kier alpha value is -0.790. The summed E-state index contributed by atoms with van der Waals surface area (Å²) in [6, 6.07) is 0. The van der Waals surface area contributed by atoms with Crippen molar-refractivity contribution in [3.05, 3.63) is 17.2 Å². The molecule has 1 atom stereocenters. The van der Waals surface area contributed by atoms with E-state index in [9.17, 15) is 0 Å². The Morgan fingerprint density at radius 2 is 1.83 bits per heavy atom. The summed E-state index contributed by atoms with van der Waals surface area (Å²) in [5.74, 6) is 2.84. The molecule has 18 heavy (non-hydrogen) atoms. The number of rotatable bonds is 2. The molecule has 1 unspecified atom stereocenters. The molecule has 0 spiro atoms. The largest absolute Gasteiger partial charge is 0.346 e. The van der Waals surface area contributed by atoms with Crippen LogP contribution in [0.1, 0.15) is 81.4 Å². The number of imidazole rings is 1.